The Labute approximate surface area is 99.0 Å². The molecule has 0 fully saturated rings. The first-order valence-electron chi connectivity index (χ1n) is 6.73. The van der Waals surface area contributed by atoms with Gasteiger partial charge >= 0.3 is 0 Å². The molecule has 0 amide bonds. The van der Waals surface area contributed by atoms with Crippen molar-refractivity contribution in [2.75, 3.05) is 6.54 Å². The number of aromatic amines is 1. The van der Waals surface area contributed by atoms with E-state index in [0.717, 1.165) is 6.04 Å². The summed E-state index contributed by atoms with van der Waals surface area (Å²) in [6.07, 6.45) is 7.05. The lowest BCUT2D eigenvalue weighted by Gasteiger charge is -2.41. The number of aromatic nitrogens is 1. The van der Waals surface area contributed by atoms with E-state index in [0.29, 0.717) is 6.04 Å². The van der Waals surface area contributed by atoms with Crippen molar-refractivity contribution in [3.63, 3.8) is 0 Å². The highest BCUT2D eigenvalue weighted by Crippen LogP contribution is 2.35. The topological polar surface area (TPSA) is 19.0 Å². The maximum Gasteiger partial charge on any atom is 0.0366 e. The zero-order chi connectivity index (χ0) is 11.5. The normalized spacial score (nSPS) is 25.7. The summed E-state index contributed by atoms with van der Waals surface area (Å²) in [6.45, 7) is 8.14. The number of nitrogens with one attached hydrogen (secondary N) is 1. The van der Waals surface area contributed by atoms with Crippen LogP contribution >= 0.6 is 0 Å². The summed E-state index contributed by atoms with van der Waals surface area (Å²) in [4.78, 5) is 6.14. The molecule has 0 aliphatic carbocycles. The van der Waals surface area contributed by atoms with Crippen LogP contribution in [0.25, 0.3) is 0 Å². The average Bonchev–Trinajstić information content (AvgIpc) is 2.76. The molecule has 0 radical (unpaired) electrons. The lowest BCUT2D eigenvalue weighted by atomic mass is 9.90. The summed E-state index contributed by atoms with van der Waals surface area (Å²) in [5.74, 6) is 0. The van der Waals surface area contributed by atoms with E-state index in [9.17, 15) is 0 Å². The predicted molar refractivity (Wildman–Crippen MR) is 68.6 cm³/mol. The maximum atomic E-state index is 3.42. The Kier molecular flexibility index (Phi) is 3.70. The van der Waals surface area contributed by atoms with Gasteiger partial charge in [0.25, 0.3) is 0 Å². The van der Waals surface area contributed by atoms with Crippen LogP contribution in [-0.2, 0) is 6.42 Å². The van der Waals surface area contributed by atoms with Crippen LogP contribution in [0.5, 0.6) is 0 Å². The number of rotatable bonds is 4. The second-order valence-electron chi connectivity index (χ2n) is 4.84. The second-order valence-corrected chi connectivity index (χ2v) is 4.84. The van der Waals surface area contributed by atoms with E-state index in [-0.39, 0.29) is 0 Å². The monoisotopic (exact) mass is 220 g/mol. The van der Waals surface area contributed by atoms with Crippen molar-refractivity contribution in [3.05, 3.63) is 23.5 Å². The molecule has 90 valence electrons. The highest BCUT2D eigenvalue weighted by Gasteiger charge is 2.32. The van der Waals surface area contributed by atoms with Gasteiger partial charge in [-0.3, -0.25) is 4.90 Å². The molecule has 2 unspecified atom stereocenters. The molecule has 1 N–H and O–H groups in total. The van der Waals surface area contributed by atoms with Crippen molar-refractivity contribution in [2.45, 2.75) is 58.5 Å². The van der Waals surface area contributed by atoms with Crippen molar-refractivity contribution in [1.29, 1.82) is 0 Å². The molecule has 1 aromatic heterocycles. The Morgan fingerprint density at radius 2 is 2.12 bits per heavy atom. The van der Waals surface area contributed by atoms with Crippen molar-refractivity contribution >= 4 is 0 Å². The number of H-pyrrole nitrogens is 1. The fourth-order valence-electron chi connectivity index (χ4n) is 3.12. The SMILES string of the molecule is CCCN1C(CC)Cc2[nH]ccc2C1CC. The van der Waals surface area contributed by atoms with Crippen LogP contribution in [0.15, 0.2) is 12.3 Å². The van der Waals surface area contributed by atoms with Crippen molar-refractivity contribution in [1.82, 2.24) is 9.88 Å². The first-order valence-corrected chi connectivity index (χ1v) is 6.73. The van der Waals surface area contributed by atoms with Crippen molar-refractivity contribution in [2.24, 2.45) is 0 Å². The third kappa shape index (κ3) is 1.91. The first-order chi connectivity index (χ1) is 7.81. The van der Waals surface area contributed by atoms with Crippen LogP contribution in [0, 0.1) is 0 Å². The van der Waals surface area contributed by atoms with Crippen LogP contribution in [0.3, 0.4) is 0 Å². The average molecular weight is 220 g/mol. The number of fused-ring (bicyclic) bond motifs is 1. The molecular weight excluding hydrogens is 196 g/mol. The minimum Gasteiger partial charge on any atom is -0.365 e. The van der Waals surface area contributed by atoms with Crippen molar-refractivity contribution in [3.8, 4) is 0 Å². The smallest absolute Gasteiger partial charge is 0.0366 e. The quantitative estimate of drug-likeness (QED) is 0.822. The Morgan fingerprint density at radius 3 is 2.75 bits per heavy atom. The highest BCUT2D eigenvalue weighted by atomic mass is 15.2. The van der Waals surface area contributed by atoms with E-state index >= 15 is 0 Å². The molecule has 2 heterocycles. The molecule has 1 aromatic rings. The molecule has 0 saturated heterocycles. The van der Waals surface area contributed by atoms with Crippen LogP contribution in [0.4, 0.5) is 0 Å². The van der Waals surface area contributed by atoms with E-state index in [1.54, 1.807) is 5.56 Å². The van der Waals surface area contributed by atoms with Gasteiger partial charge in [0.2, 0.25) is 0 Å². The fraction of sp³-hybridized carbons (Fsp3) is 0.714. The van der Waals surface area contributed by atoms with E-state index in [2.05, 4.69) is 42.9 Å². The summed E-state index contributed by atoms with van der Waals surface area (Å²) in [6, 6.07) is 3.65. The Hall–Kier alpha value is -0.760. The van der Waals surface area contributed by atoms with E-state index < -0.39 is 0 Å². The molecule has 2 heteroatoms. The highest BCUT2D eigenvalue weighted by molar-refractivity contribution is 5.28. The van der Waals surface area contributed by atoms with Gasteiger partial charge in [-0.05, 0) is 37.4 Å². The molecular formula is C14H24N2. The Balaban J connectivity index is 2.29. The lowest BCUT2D eigenvalue weighted by molar-refractivity contribution is 0.109. The van der Waals surface area contributed by atoms with Gasteiger partial charge < -0.3 is 4.98 Å². The van der Waals surface area contributed by atoms with Gasteiger partial charge in [-0.15, -0.1) is 0 Å². The van der Waals surface area contributed by atoms with Gasteiger partial charge in [-0.25, -0.2) is 0 Å². The molecule has 2 rings (SSSR count). The molecule has 2 atom stereocenters. The summed E-state index contributed by atoms with van der Waals surface area (Å²) < 4.78 is 0. The number of hydrogen-bond donors (Lipinski definition) is 1. The molecule has 2 nitrogen and oxygen atoms in total. The Morgan fingerprint density at radius 1 is 1.31 bits per heavy atom. The lowest BCUT2D eigenvalue weighted by Crippen LogP contribution is -2.43. The van der Waals surface area contributed by atoms with Gasteiger partial charge in [0.05, 0.1) is 0 Å². The number of hydrogen-bond acceptors (Lipinski definition) is 1. The summed E-state index contributed by atoms with van der Waals surface area (Å²) in [5, 5.41) is 0. The maximum absolute atomic E-state index is 3.42. The Bertz CT molecular complexity index is 329. The van der Waals surface area contributed by atoms with Crippen LogP contribution in [-0.4, -0.2) is 22.5 Å². The van der Waals surface area contributed by atoms with E-state index in [4.69, 9.17) is 0 Å². The van der Waals surface area contributed by atoms with Crippen molar-refractivity contribution < 1.29 is 0 Å². The fourth-order valence-corrected chi connectivity index (χ4v) is 3.12. The van der Waals surface area contributed by atoms with Crippen LogP contribution < -0.4 is 0 Å². The first kappa shape index (κ1) is 11.7. The minimum atomic E-state index is 0.639. The third-order valence-corrected chi connectivity index (χ3v) is 3.88. The summed E-state index contributed by atoms with van der Waals surface area (Å²) >= 11 is 0. The van der Waals surface area contributed by atoms with Gasteiger partial charge in [-0.2, -0.15) is 0 Å². The van der Waals surface area contributed by atoms with Gasteiger partial charge in [0, 0.05) is 30.4 Å². The van der Waals surface area contributed by atoms with Crippen LogP contribution in [0.2, 0.25) is 0 Å². The van der Waals surface area contributed by atoms with Gasteiger partial charge in [-0.1, -0.05) is 20.8 Å². The molecule has 0 spiro atoms. The zero-order valence-electron chi connectivity index (χ0n) is 10.8. The molecule has 1 aliphatic heterocycles. The van der Waals surface area contributed by atoms with Crippen LogP contribution in [0.1, 0.15) is 57.3 Å². The van der Waals surface area contributed by atoms with E-state index in [1.165, 1.54) is 37.9 Å². The minimum absolute atomic E-state index is 0.639. The third-order valence-electron chi connectivity index (χ3n) is 3.88. The largest absolute Gasteiger partial charge is 0.365 e. The summed E-state index contributed by atoms with van der Waals surface area (Å²) in [7, 11) is 0. The van der Waals surface area contributed by atoms with Gasteiger partial charge in [0.1, 0.15) is 0 Å². The molecule has 1 aliphatic rings. The second kappa shape index (κ2) is 5.05. The summed E-state index contributed by atoms with van der Waals surface area (Å²) in [5.41, 5.74) is 3.02. The van der Waals surface area contributed by atoms with Gasteiger partial charge in [0.15, 0.2) is 0 Å². The standard InChI is InChI=1S/C14H24N2/c1-4-9-16-11(5-2)10-13-12(7-8-15-13)14(16)6-3/h7-8,11,14-15H,4-6,9-10H2,1-3H3. The molecule has 0 saturated carbocycles. The molecule has 0 bridgehead atoms. The molecule has 16 heavy (non-hydrogen) atoms. The molecule has 0 aromatic carbocycles. The number of nitrogens with zero attached hydrogens (tertiary/aromatic N) is 1. The zero-order valence-corrected chi connectivity index (χ0v) is 10.8. The van der Waals surface area contributed by atoms with E-state index in [1.807, 2.05) is 0 Å². The predicted octanol–water partition coefficient (Wildman–Crippen LogP) is 3.51.